The molecule has 0 aromatic heterocycles. The first-order chi connectivity index (χ1) is 0. The minimum Gasteiger partial charge on any atom is 0 e. The van der Waals surface area contributed by atoms with Gasteiger partial charge in [0, 0.05) is 111 Å². The van der Waals surface area contributed by atoms with Crippen LogP contribution >= 0.6 is 0 Å². The molecule has 0 aliphatic carbocycles. The monoisotopic (exact) mass is 373 g/mol. The summed E-state index contributed by atoms with van der Waals surface area (Å²) >= 11 is 0. The smallest absolute Gasteiger partial charge is 0 e. The van der Waals surface area contributed by atoms with Crippen molar-refractivity contribution in [2.24, 2.45) is 0 Å². The molecule has 0 aromatic carbocycles. The van der Waals surface area contributed by atoms with Gasteiger partial charge in [-0.05, 0) is 0 Å². The fourth-order valence-electron chi connectivity index (χ4n) is 0. The molecule has 0 aromatic rings. The summed E-state index contributed by atoms with van der Waals surface area (Å²) in [5.74, 6) is 0. The van der Waals surface area contributed by atoms with E-state index in [9.17, 15) is 0 Å². The van der Waals surface area contributed by atoms with Crippen LogP contribution in [0.3, 0.4) is 0 Å². The Kier molecular flexibility index (Phi) is 205. The van der Waals surface area contributed by atoms with Crippen molar-refractivity contribution in [2.45, 2.75) is 0 Å². The maximum absolute atomic E-state index is 0. The molecular weight excluding hydrogens is 375 g/mol. The van der Waals surface area contributed by atoms with E-state index in [2.05, 4.69) is 0 Å². The van der Waals surface area contributed by atoms with Crippen molar-refractivity contribution in [2.75, 3.05) is 0 Å². The average Bonchev–Trinajstić information content (AvgIpc) is 0. The minimum absolute atomic E-state index is 0. The normalized spacial score (nSPS) is 0. The Hall–Kier alpha value is 3.45. The summed E-state index contributed by atoms with van der Waals surface area (Å²) in [6, 6.07) is 0. The third-order valence-electron chi connectivity index (χ3n) is 0. The van der Waals surface area contributed by atoms with Crippen LogP contribution in [0.1, 0.15) is 0 Å². The van der Waals surface area contributed by atoms with Gasteiger partial charge in [-0.2, -0.15) is 0 Å². The fourth-order valence-corrected chi connectivity index (χ4v) is 0. The quantitative estimate of drug-likeness (QED) is 0.493. The molecule has 0 N–H and O–H groups in total. The molecule has 0 saturated carbocycles. The van der Waals surface area contributed by atoms with Gasteiger partial charge in [-0.1, -0.05) is 0 Å². The van der Waals surface area contributed by atoms with Gasteiger partial charge in [-0.15, -0.1) is 0 Å². The third kappa shape index (κ3) is 18.6. The average molecular weight is 375 g/mol. The topological polar surface area (TPSA) is 28.5 Å². The van der Waals surface area contributed by atoms with E-state index >= 15 is 0 Å². The summed E-state index contributed by atoms with van der Waals surface area (Å²) in [6.07, 6.45) is 0. The molecule has 0 atom stereocenters. The van der Waals surface area contributed by atoms with E-state index in [1.54, 1.807) is 0 Å². The van der Waals surface area contributed by atoms with Crippen LogP contribution in [-0.2, 0) is 31.7 Å². The summed E-state index contributed by atoms with van der Waals surface area (Å²) in [4.78, 5) is 0. The van der Waals surface area contributed by atoms with Gasteiger partial charge in [0.2, 0.25) is 0 Å². The van der Waals surface area contributed by atoms with E-state index < -0.39 is 0 Å². The van der Waals surface area contributed by atoms with Gasteiger partial charge in [-0.3, -0.25) is 0 Å². The maximum atomic E-state index is 0. The first-order valence-corrected chi connectivity index (χ1v) is 0. The minimum atomic E-state index is 0. The van der Waals surface area contributed by atoms with Crippen LogP contribution in [0.5, 0.6) is 0 Å². The zero-order valence-electron chi connectivity index (χ0n) is 2.93. The molecule has 0 unspecified atom stereocenters. The van der Waals surface area contributed by atoms with Crippen LogP contribution < -0.4 is 0 Å². The van der Waals surface area contributed by atoms with E-state index in [0.29, 0.717) is 0 Å². The summed E-state index contributed by atoms with van der Waals surface area (Å²) in [5, 5.41) is 0. The fraction of sp³-hybridized carbons (Fsp3) is 0. The van der Waals surface area contributed by atoms with Crippen LogP contribution in [-0.4, -0.2) is 43.3 Å². The zero-order valence-corrected chi connectivity index (χ0v) is 11.6. The Bertz CT molecular complexity index is 11.6. The molecule has 0 aliphatic rings. The van der Waals surface area contributed by atoms with Gasteiger partial charge in [0.05, 0.1) is 0 Å². The Balaban J connectivity index is 0. The molecule has 0 spiro atoms. The molecule has 5 heteroatoms. The molecule has 0 rings (SSSR count). The van der Waals surface area contributed by atoms with Crippen molar-refractivity contribution in [1.82, 2.24) is 0 Å². The Labute approximate surface area is 108 Å². The van der Waals surface area contributed by atoms with Crippen LogP contribution in [0, 0.1) is 35.6 Å². The number of hydrogen-bond acceptors (Lipinski definition) is 0. The molecule has 7 radical (unpaired) electrons. The molecular formula is LaLiOSbZr. The first-order valence-electron chi connectivity index (χ1n) is 0. The van der Waals surface area contributed by atoms with E-state index in [1.165, 1.54) is 0 Å². The molecule has 0 heterocycles. The second kappa shape index (κ2) is 26.0. The first kappa shape index (κ1) is 39.4. The van der Waals surface area contributed by atoms with Crippen molar-refractivity contribution in [3.8, 4) is 0 Å². The summed E-state index contributed by atoms with van der Waals surface area (Å²) in [6.45, 7) is 0. The number of hydrogen-bond donors (Lipinski definition) is 0. The van der Waals surface area contributed by atoms with Gasteiger partial charge in [0.25, 0.3) is 0 Å². The second-order valence-electron chi connectivity index (χ2n) is 0. The van der Waals surface area contributed by atoms with Crippen LogP contribution in [0.25, 0.3) is 0 Å². The van der Waals surface area contributed by atoms with Gasteiger partial charge >= 0.3 is 0 Å². The van der Waals surface area contributed by atoms with Crippen molar-refractivity contribution >= 4 is 43.3 Å². The molecule has 0 bridgehead atoms. The summed E-state index contributed by atoms with van der Waals surface area (Å²) in [5.41, 5.74) is 0. The predicted octanol–water partition coefficient (Wildman–Crippen LogP) is -0.883. The van der Waals surface area contributed by atoms with Crippen molar-refractivity contribution in [3.63, 3.8) is 0 Å². The van der Waals surface area contributed by atoms with E-state index in [-0.39, 0.29) is 111 Å². The van der Waals surface area contributed by atoms with Crippen molar-refractivity contribution in [3.05, 3.63) is 0 Å². The molecule has 19 valence electrons. The Morgan fingerprint density at radius 1 is 1.00 bits per heavy atom. The third-order valence-corrected chi connectivity index (χ3v) is 0. The summed E-state index contributed by atoms with van der Waals surface area (Å²) in [7, 11) is 0. The molecule has 0 amide bonds. The van der Waals surface area contributed by atoms with Crippen LogP contribution in [0.15, 0.2) is 0 Å². The van der Waals surface area contributed by atoms with Crippen molar-refractivity contribution in [1.29, 1.82) is 0 Å². The van der Waals surface area contributed by atoms with Crippen molar-refractivity contribution < 1.29 is 67.3 Å². The maximum Gasteiger partial charge on any atom is 0 e. The van der Waals surface area contributed by atoms with Gasteiger partial charge in [-0.25, -0.2) is 0 Å². The van der Waals surface area contributed by atoms with E-state index in [4.69, 9.17) is 0 Å². The van der Waals surface area contributed by atoms with E-state index in [0.717, 1.165) is 0 Å². The summed E-state index contributed by atoms with van der Waals surface area (Å²) < 4.78 is 0. The predicted molar refractivity (Wildman–Crippen MR) is 12.2 cm³/mol. The van der Waals surface area contributed by atoms with Crippen LogP contribution in [0.2, 0.25) is 0 Å². The van der Waals surface area contributed by atoms with Gasteiger partial charge in [0.1, 0.15) is 0 Å². The SMILES string of the molecule is [La].[Li].[O].[Sb].[Zr]. The largest absolute Gasteiger partial charge is 0 e. The number of rotatable bonds is 0. The standard InChI is InChI=1S/La.Li.O.Sb.Zr. The Morgan fingerprint density at radius 2 is 1.00 bits per heavy atom. The Morgan fingerprint density at radius 3 is 1.00 bits per heavy atom. The molecule has 1 nitrogen and oxygen atoms in total. The zero-order chi connectivity index (χ0) is 0. The van der Waals surface area contributed by atoms with Gasteiger partial charge < -0.3 is 0 Å². The molecule has 0 saturated heterocycles. The van der Waals surface area contributed by atoms with Crippen LogP contribution in [0.4, 0.5) is 0 Å². The van der Waals surface area contributed by atoms with E-state index in [1.807, 2.05) is 0 Å². The molecule has 5 heavy (non-hydrogen) atoms. The second-order valence-corrected chi connectivity index (χ2v) is 0. The molecule has 0 fully saturated rings. The van der Waals surface area contributed by atoms with Gasteiger partial charge in [0.15, 0.2) is 0 Å². The molecule has 0 aliphatic heterocycles.